The molecule has 1 fully saturated rings. The molecule has 0 radical (unpaired) electrons. The average molecular weight is 418 g/mol. The van der Waals surface area contributed by atoms with Gasteiger partial charge in [-0.2, -0.15) is 0 Å². The molecule has 1 heterocycles. The molecule has 1 saturated heterocycles. The minimum absolute atomic E-state index is 0.0605. The van der Waals surface area contributed by atoms with E-state index in [4.69, 9.17) is 4.74 Å². The number of sulfonamides is 1. The third-order valence-electron chi connectivity index (χ3n) is 5.01. The summed E-state index contributed by atoms with van der Waals surface area (Å²) in [5, 5.41) is 0. The van der Waals surface area contributed by atoms with Crippen molar-refractivity contribution in [2.45, 2.75) is 12.5 Å². The van der Waals surface area contributed by atoms with Crippen LogP contribution in [0.1, 0.15) is 18.0 Å². The molecule has 1 aliphatic heterocycles. The van der Waals surface area contributed by atoms with Gasteiger partial charge in [-0.3, -0.25) is 4.79 Å². The molecule has 0 unspecified atom stereocenters. The number of anilines is 1. The lowest BCUT2D eigenvalue weighted by molar-refractivity contribution is -0.132. The summed E-state index contributed by atoms with van der Waals surface area (Å²) in [6.07, 6.45) is 1.18. The second-order valence-corrected chi connectivity index (χ2v) is 8.90. The monoisotopic (exact) mass is 417 g/mol. The van der Waals surface area contributed by atoms with E-state index in [-0.39, 0.29) is 12.3 Å². The van der Waals surface area contributed by atoms with Crippen LogP contribution >= 0.6 is 0 Å². The predicted octanol–water partition coefficient (Wildman–Crippen LogP) is 2.02. The van der Waals surface area contributed by atoms with E-state index in [0.717, 1.165) is 30.6 Å². The molecule has 0 spiro atoms. The Kier molecular flexibility index (Phi) is 6.76. The molecule has 0 bridgehead atoms. The molecule has 1 N–H and O–H groups in total. The summed E-state index contributed by atoms with van der Waals surface area (Å²) in [4.78, 5) is 16.9. The molecule has 29 heavy (non-hydrogen) atoms. The highest BCUT2D eigenvalue weighted by Crippen LogP contribution is 2.23. The first-order chi connectivity index (χ1) is 13.9. The van der Waals surface area contributed by atoms with Gasteiger partial charge in [-0.15, -0.1) is 0 Å². The maximum atomic E-state index is 12.9. The Bertz CT molecular complexity index is 909. The first kappa shape index (κ1) is 21.1. The third kappa shape index (κ3) is 5.95. The zero-order chi connectivity index (χ0) is 20.9. The first-order valence-electron chi connectivity index (χ1n) is 9.55. The van der Waals surface area contributed by atoms with Crippen molar-refractivity contribution in [1.82, 2.24) is 9.62 Å². The lowest BCUT2D eigenvalue weighted by Gasteiger charge is -2.36. The number of ether oxygens (including phenoxy) is 1. The Morgan fingerprint density at radius 3 is 2.21 bits per heavy atom. The van der Waals surface area contributed by atoms with E-state index in [2.05, 4.69) is 21.8 Å². The average Bonchev–Trinajstić information content (AvgIpc) is 2.73. The molecular weight excluding hydrogens is 390 g/mol. The highest BCUT2D eigenvalue weighted by molar-refractivity contribution is 7.88. The summed E-state index contributed by atoms with van der Waals surface area (Å²) in [5.74, 6) is 0.616. The molecule has 156 valence electrons. The van der Waals surface area contributed by atoms with Gasteiger partial charge in [0.2, 0.25) is 15.9 Å². The van der Waals surface area contributed by atoms with Gasteiger partial charge >= 0.3 is 0 Å². The molecule has 1 atom stereocenters. The van der Waals surface area contributed by atoms with Crippen molar-refractivity contribution < 1.29 is 17.9 Å². The summed E-state index contributed by atoms with van der Waals surface area (Å²) in [5.41, 5.74) is 1.88. The molecule has 2 aromatic rings. The fraction of sp³-hybridized carbons (Fsp3) is 0.381. The van der Waals surface area contributed by atoms with Crippen LogP contribution in [0.15, 0.2) is 54.6 Å². The summed E-state index contributed by atoms with van der Waals surface area (Å²) < 4.78 is 31.4. The molecule has 1 aliphatic rings. The van der Waals surface area contributed by atoms with Crippen LogP contribution in [-0.2, 0) is 14.8 Å². The van der Waals surface area contributed by atoms with Gasteiger partial charge in [0, 0.05) is 38.3 Å². The third-order valence-corrected chi connectivity index (χ3v) is 5.72. The Morgan fingerprint density at radius 2 is 1.66 bits per heavy atom. The first-order valence-corrected chi connectivity index (χ1v) is 11.4. The number of methoxy groups -OCH3 is 1. The van der Waals surface area contributed by atoms with Crippen LogP contribution in [0.4, 0.5) is 5.69 Å². The summed E-state index contributed by atoms with van der Waals surface area (Å²) in [7, 11) is -1.90. The van der Waals surface area contributed by atoms with Crippen molar-refractivity contribution >= 4 is 21.6 Å². The lowest BCUT2D eigenvalue weighted by atomic mass is 10.0. The van der Waals surface area contributed by atoms with E-state index < -0.39 is 16.1 Å². The van der Waals surface area contributed by atoms with Crippen LogP contribution in [0, 0.1) is 0 Å². The van der Waals surface area contributed by atoms with Crippen molar-refractivity contribution in [3.63, 3.8) is 0 Å². The van der Waals surface area contributed by atoms with E-state index in [0.29, 0.717) is 18.8 Å². The normalized spacial score (nSPS) is 15.8. The summed E-state index contributed by atoms with van der Waals surface area (Å²) in [6, 6.07) is 16.6. The van der Waals surface area contributed by atoms with Crippen molar-refractivity contribution in [2.24, 2.45) is 0 Å². The van der Waals surface area contributed by atoms with E-state index in [1.807, 2.05) is 18.2 Å². The maximum absolute atomic E-state index is 12.9. The van der Waals surface area contributed by atoms with Gasteiger partial charge in [0.1, 0.15) is 5.75 Å². The number of para-hydroxylation sites is 1. The second kappa shape index (κ2) is 9.28. The van der Waals surface area contributed by atoms with Gasteiger partial charge in [-0.05, 0) is 29.8 Å². The number of nitrogens with one attached hydrogen (secondary N) is 1. The molecule has 0 aliphatic carbocycles. The van der Waals surface area contributed by atoms with Crippen LogP contribution < -0.4 is 14.4 Å². The smallest absolute Gasteiger partial charge is 0.224 e. The van der Waals surface area contributed by atoms with E-state index in [9.17, 15) is 13.2 Å². The number of carbonyl (C=O) groups excluding carboxylic acids is 1. The number of hydrogen-bond acceptors (Lipinski definition) is 5. The molecule has 2 aromatic carbocycles. The van der Waals surface area contributed by atoms with Crippen molar-refractivity contribution in [3.05, 3.63) is 60.2 Å². The fourth-order valence-electron chi connectivity index (χ4n) is 3.48. The Hall–Kier alpha value is -2.58. The van der Waals surface area contributed by atoms with Crippen LogP contribution in [0.2, 0.25) is 0 Å². The largest absolute Gasteiger partial charge is 0.497 e. The minimum atomic E-state index is -3.47. The zero-order valence-electron chi connectivity index (χ0n) is 16.7. The lowest BCUT2D eigenvalue weighted by Crippen LogP contribution is -2.49. The zero-order valence-corrected chi connectivity index (χ0v) is 17.6. The van der Waals surface area contributed by atoms with E-state index in [1.165, 1.54) is 0 Å². The highest BCUT2D eigenvalue weighted by Gasteiger charge is 2.26. The molecule has 0 aromatic heterocycles. The number of carbonyl (C=O) groups is 1. The van der Waals surface area contributed by atoms with Gasteiger partial charge < -0.3 is 14.5 Å². The van der Waals surface area contributed by atoms with Crippen LogP contribution in [0.25, 0.3) is 0 Å². The standard InChI is InChI=1S/C21H27N3O4S/c1-28-19-10-8-17(9-11-19)20(22-29(2,26)27)16-21(25)24-14-12-23(13-15-24)18-6-4-3-5-7-18/h3-11,20,22H,12-16H2,1-2H3/t20-/m1/s1. The SMILES string of the molecule is COc1ccc([C@@H](CC(=O)N2CCN(c3ccccc3)CC2)NS(C)(=O)=O)cc1. The minimum Gasteiger partial charge on any atom is -0.497 e. The van der Waals surface area contributed by atoms with Gasteiger partial charge in [-0.1, -0.05) is 30.3 Å². The topological polar surface area (TPSA) is 79.0 Å². The number of nitrogens with zero attached hydrogens (tertiary/aromatic N) is 2. The van der Waals surface area contributed by atoms with Gasteiger partial charge in [-0.25, -0.2) is 13.1 Å². The van der Waals surface area contributed by atoms with E-state index >= 15 is 0 Å². The van der Waals surface area contributed by atoms with Gasteiger partial charge in [0.05, 0.1) is 19.4 Å². The Balaban J connectivity index is 1.65. The summed E-state index contributed by atoms with van der Waals surface area (Å²) >= 11 is 0. The number of benzene rings is 2. The second-order valence-electron chi connectivity index (χ2n) is 7.12. The molecule has 8 heteroatoms. The highest BCUT2D eigenvalue weighted by atomic mass is 32.2. The van der Waals surface area contributed by atoms with Gasteiger partial charge in [0.15, 0.2) is 0 Å². The number of hydrogen-bond donors (Lipinski definition) is 1. The Labute approximate surface area is 172 Å². The molecule has 3 rings (SSSR count). The van der Waals surface area contributed by atoms with Crippen molar-refractivity contribution in [1.29, 1.82) is 0 Å². The molecule has 0 saturated carbocycles. The maximum Gasteiger partial charge on any atom is 0.224 e. The van der Waals surface area contributed by atoms with Crippen molar-refractivity contribution in [3.8, 4) is 5.75 Å². The van der Waals surface area contributed by atoms with Gasteiger partial charge in [0.25, 0.3) is 0 Å². The number of amides is 1. The number of piperazine rings is 1. The summed E-state index contributed by atoms with van der Waals surface area (Å²) in [6.45, 7) is 2.73. The molecule has 7 nitrogen and oxygen atoms in total. The van der Waals surface area contributed by atoms with Crippen molar-refractivity contribution in [2.75, 3.05) is 44.4 Å². The van der Waals surface area contributed by atoms with Crippen LogP contribution in [-0.4, -0.2) is 58.8 Å². The molecule has 1 amide bonds. The fourth-order valence-corrected chi connectivity index (χ4v) is 4.22. The predicted molar refractivity (Wildman–Crippen MR) is 114 cm³/mol. The Morgan fingerprint density at radius 1 is 1.03 bits per heavy atom. The molecular formula is C21H27N3O4S. The van der Waals surface area contributed by atoms with Crippen LogP contribution in [0.5, 0.6) is 5.75 Å². The quantitative estimate of drug-likeness (QED) is 0.746. The van der Waals surface area contributed by atoms with Crippen LogP contribution in [0.3, 0.4) is 0 Å². The van der Waals surface area contributed by atoms with E-state index in [1.54, 1.807) is 36.3 Å². The number of rotatable bonds is 7.